The Balaban J connectivity index is 1.94. The van der Waals surface area contributed by atoms with E-state index in [1.165, 1.54) is 11.1 Å². The molecule has 1 aromatic carbocycles. The molecule has 1 aliphatic heterocycles. The highest BCUT2D eigenvalue weighted by Crippen LogP contribution is 2.35. The average molecular weight is 260 g/mol. The molecule has 3 rings (SSSR count). The van der Waals surface area contributed by atoms with Crippen LogP contribution in [0.1, 0.15) is 31.0 Å². The average Bonchev–Trinajstić information content (AvgIpc) is 2.75. The van der Waals surface area contributed by atoms with Crippen LogP contribution in [0.3, 0.4) is 0 Å². The molecule has 19 heavy (non-hydrogen) atoms. The molecule has 4 nitrogen and oxygen atoms in total. The number of morpholine rings is 1. The first kappa shape index (κ1) is 12.6. The maximum absolute atomic E-state index is 9.30. The predicted molar refractivity (Wildman–Crippen MR) is 73.7 cm³/mol. The standard InChI is InChI=1S/C15H20N2O2/c1-10-8-17(9-11(2)19-10)15-13-6-4-3-5-12(13)7-14(15)16-18/h3-6,10-11,15,18H,7-9H2,1-2H3/b16-14+/t10-,11+,15-/m1/s1. The number of oxime groups is 1. The second-order valence-corrected chi connectivity index (χ2v) is 5.58. The van der Waals surface area contributed by atoms with E-state index in [-0.39, 0.29) is 18.2 Å². The highest BCUT2D eigenvalue weighted by atomic mass is 16.5. The molecule has 3 atom stereocenters. The van der Waals surface area contributed by atoms with Gasteiger partial charge in [0.1, 0.15) is 0 Å². The SMILES string of the molecule is C[C@@H]1CN([C@H]2/C(=N/O)Cc3ccccc32)C[C@H](C)O1. The number of ether oxygens (including phenoxy) is 1. The largest absolute Gasteiger partial charge is 0.411 e. The predicted octanol–water partition coefficient (Wildman–Crippen LogP) is 2.22. The van der Waals surface area contributed by atoms with E-state index in [2.05, 4.69) is 42.1 Å². The van der Waals surface area contributed by atoms with E-state index in [9.17, 15) is 5.21 Å². The third kappa shape index (κ3) is 2.26. The number of hydrogen-bond acceptors (Lipinski definition) is 4. The van der Waals surface area contributed by atoms with Gasteiger partial charge in [-0.15, -0.1) is 0 Å². The van der Waals surface area contributed by atoms with Crippen LogP contribution in [0.2, 0.25) is 0 Å². The van der Waals surface area contributed by atoms with Crippen molar-refractivity contribution in [2.24, 2.45) is 5.16 Å². The first-order valence-corrected chi connectivity index (χ1v) is 6.87. The van der Waals surface area contributed by atoms with Gasteiger partial charge in [0.15, 0.2) is 0 Å². The van der Waals surface area contributed by atoms with Gasteiger partial charge in [0.25, 0.3) is 0 Å². The van der Waals surface area contributed by atoms with Gasteiger partial charge in [0.2, 0.25) is 0 Å². The molecule has 0 radical (unpaired) electrons. The molecule has 0 amide bonds. The topological polar surface area (TPSA) is 45.1 Å². The summed E-state index contributed by atoms with van der Waals surface area (Å²) in [4.78, 5) is 2.37. The third-order valence-electron chi connectivity index (χ3n) is 3.98. The molecule has 4 heteroatoms. The summed E-state index contributed by atoms with van der Waals surface area (Å²) in [5.74, 6) is 0. The summed E-state index contributed by atoms with van der Waals surface area (Å²) in [7, 11) is 0. The number of benzene rings is 1. The molecular weight excluding hydrogens is 240 g/mol. The second-order valence-electron chi connectivity index (χ2n) is 5.58. The summed E-state index contributed by atoms with van der Waals surface area (Å²) in [6.45, 7) is 5.95. The fourth-order valence-corrected chi connectivity index (χ4v) is 3.36. The molecule has 1 aromatic rings. The molecule has 102 valence electrons. The van der Waals surface area contributed by atoms with E-state index in [0.29, 0.717) is 0 Å². The van der Waals surface area contributed by atoms with E-state index >= 15 is 0 Å². The Labute approximate surface area is 113 Å². The van der Waals surface area contributed by atoms with Crippen LogP contribution >= 0.6 is 0 Å². The fourth-order valence-electron chi connectivity index (χ4n) is 3.36. The summed E-state index contributed by atoms with van der Waals surface area (Å²) in [5.41, 5.74) is 3.39. The molecule has 0 bridgehead atoms. The zero-order chi connectivity index (χ0) is 13.4. The van der Waals surface area contributed by atoms with Crippen LogP contribution in [0.4, 0.5) is 0 Å². The molecule has 0 aromatic heterocycles. The molecule has 0 unspecified atom stereocenters. The second kappa shape index (κ2) is 4.94. The van der Waals surface area contributed by atoms with E-state index in [1.54, 1.807) is 0 Å². The third-order valence-corrected chi connectivity index (χ3v) is 3.98. The van der Waals surface area contributed by atoms with Gasteiger partial charge in [-0.2, -0.15) is 0 Å². The minimum Gasteiger partial charge on any atom is -0.411 e. The van der Waals surface area contributed by atoms with Crippen molar-refractivity contribution in [3.63, 3.8) is 0 Å². The number of fused-ring (bicyclic) bond motifs is 1. The smallest absolute Gasteiger partial charge is 0.0831 e. The monoisotopic (exact) mass is 260 g/mol. The van der Waals surface area contributed by atoms with Crippen LogP contribution in [0.5, 0.6) is 0 Å². The maximum atomic E-state index is 9.30. The number of hydrogen-bond donors (Lipinski definition) is 1. The Kier molecular flexibility index (Phi) is 3.29. The highest BCUT2D eigenvalue weighted by Gasteiger charge is 2.37. The Hall–Kier alpha value is -1.39. The summed E-state index contributed by atoms with van der Waals surface area (Å²) < 4.78 is 5.79. The molecule has 1 N–H and O–H groups in total. The maximum Gasteiger partial charge on any atom is 0.0831 e. The zero-order valence-electron chi connectivity index (χ0n) is 11.4. The highest BCUT2D eigenvalue weighted by molar-refractivity contribution is 5.96. The Morgan fingerprint density at radius 1 is 1.21 bits per heavy atom. The van der Waals surface area contributed by atoms with Gasteiger partial charge in [-0.25, -0.2) is 0 Å². The van der Waals surface area contributed by atoms with Gasteiger partial charge in [-0.05, 0) is 25.0 Å². The molecule has 2 aliphatic rings. The lowest BCUT2D eigenvalue weighted by Gasteiger charge is -2.39. The summed E-state index contributed by atoms with van der Waals surface area (Å²) in [6.07, 6.45) is 1.19. The van der Waals surface area contributed by atoms with Gasteiger partial charge < -0.3 is 9.94 Å². The minimum atomic E-state index is 0.106. The van der Waals surface area contributed by atoms with Crippen molar-refractivity contribution < 1.29 is 9.94 Å². The lowest BCUT2D eigenvalue weighted by atomic mass is 10.0. The van der Waals surface area contributed by atoms with Gasteiger partial charge in [-0.1, -0.05) is 29.4 Å². The normalized spacial score (nSPS) is 33.6. The quantitative estimate of drug-likeness (QED) is 0.622. The van der Waals surface area contributed by atoms with Gasteiger partial charge in [-0.3, -0.25) is 4.90 Å². The van der Waals surface area contributed by atoms with Crippen molar-refractivity contribution in [3.05, 3.63) is 35.4 Å². The summed E-state index contributed by atoms with van der Waals surface area (Å²) in [6, 6.07) is 8.46. The molecule has 0 saturated carbocycles. The summed E-state index contributed by atoms with van der Waals surface area (Å²) in [5, 5.41) is 12.8. The molecule has 1 heterocycles. The number of nitrogens with zero attached hydrogens (tertiary/aromatic N) is 2. The molecule has 0 spiro atoms. The van der Waals surface area contributed by atoms with Crippen molar-refractivity contribution >= 4 is 5.71 Å². The van der Waals surface area contributed by atoms with E-state index in [0.717, 1.165) is 25.2 Å². The lowest BCUT2D eigenvalue weighted by Crippen LogP contribution is -2.48. The van der Waals surface area contributed by atoms with Crippen LogP contribution in [0.15, 0.2) is 29.4 Å². The first-order valence-electron chi connectivity index (χ1n) is 6.87. The molecule has 1 saturated heterocycles. The van der Waals surface area contributed by atoms with Gasteiger partial charge in [0.05, 0.1) is 24.0 Å². The number of rotatable bonds is 1. The van der Waals surface area contributed by atoms with E-state index < -0.39 is 0 Å². The van der Waals surface area contributed by atoms with Crippen molar-refractivity contribution in [1.82, 2.24) is 4.90 Å². The molecule has 1 fully saturated rings. The van der Waals surface area contributed by atoms with Crippen molar-refractivity contribution in [2.45, 2.75) is 38.5 Å². The minimum absolute atomic E-state index is 0.106. The Bertz CT molecular complexity index is 491. The van der Waals surface area contributed by atoms with Gasteiger partial charge >= 0.3 is 0 Å². The van der Waals surface area contributed by atoms with E-state index in [1.807, 2.05) is 6.07 Å². The fraction of sp³-hybridized carbons (Fsp3) is 0.533. The molecule has 1 aliphatic carbocycles. The van der Waals surface area contributed by atoms with Crippen molar-refractivity contribution in [2.75, 3.05) is 13.1 Å². The molecular formula is C15H20N2O2. The van der Waals surface area contributed by atoms with Crippen LogP contribution in [0, 0.1) is 0 Å². The van der Waals surface area contributed by atoms with Crippen LogP contribution in [-0.4, -0.2) is 41.1 Å². The first-order chi connectivity index (χ1) is 9.19. The van der Waals surface area contributed by atoms with E-state index in [4.69, 9.17) is 4.74 Å². The van der Waals surface area contributed by atoms with Crippen LogP contribution in [0.25, 0.3) is 0 Å². The Morgan fingerprint density at radius 3 is 2.58 bits per heavy atom. The summed E-state index contributed by atoms with van der Waals surface area (Å²) >= 11 is 0. The van der Waals surface area contributed by atoms with Crippen molar-refractivity contribution in [1.29, 1.82) is 0 Å². The zero-order valence-corrected chi connectivity index (χ0v) is 11.4. The van der Waals surface area contributed by atoms with Crippen LogP contribution in [-0.2, 0) is 11.2 Å². The van der Waals surface area contributed by atoms with Gasteiger partial charge in [0, 0.05) is 19.5 Å². The Morgan fingerprint density at radius 2 is 1.89 bits per heavy atom. The van der Waals surface area contributed by atoms with Crippen LogP contribution < -0.4 is 0 Å². The van der Waals surface area contributed by atoms with Crippen molar-refractivity contribution in [3.8, 4) is 0 Å². The lowest BCUT2D eigenvalue weighted by molar-refractivity contribution is -0.0737.